The molecule has 0 amide bonds. The lowest BCUT2D eigenvalue weighted by atomic mass is 9.71. The largest absolute Gasteiger partial charge is 0.506 e. The monoisotopic (exact) mass is 550 g/mol. The smallest absolute Gasteiger partial charge is 0.229 e. The molecule has 1 atom stereocenters. The standard InChI is InChI=1S/C24H30N4O7S2/c1-14(2)11-12-24(28-35-3)17-8-6-5-7-16(17)21(29)20(22(24)30)23-25-18-10-9-15(26-36(4,31)32)13-19(18)37(33,34)27-23/h5-10,13-14,26,28-29,33-34H,11-12H2,1-4H3,(H,25,27)/t24-/m1/s1. The van der Waals surface area contributed by atoms with Crippen molar-refractivity contribution in [2.45, 2.75) is 37.1 Å². The number of hydroxylamine groups is 1. The fourth-order valence-corrected chi connectivity index (χ4v) is 6.25. The Hall–Kier alpha value is -2.94. The van der Waals surface area contributed by atoms with Gasteiger partial charge in [0, 0.05) is 5.56 Å². The van der Waals surface area contributed by atoms with Crippen molar-refractivity contribution >= 4 is 49.6 Å². The van der Waals surface area contributed by atoms with Crippen molar-refractivity contribution < 1.29 is 32.3 Å². The van der Waals surface area contributed by atoms with E-state index in [4.69, 9.17) is 4.84 Å². The van der Waals surface area contributed by atoms with Crippen molar-refractivity contribution in [1.29, 1.82) is 0 Å². The molecular weight excluding hydrogens is 520 g/mol. The predicted molar refractivity (Wildman–Crippen MR) is 144 cm³/mol. The van der Waals surface area contributed by atoms with Gasteiger partial charge in [0.2, 0.25) is 10.0 Å². The minimum absolute atomic E-state index is 0.0604. The Kier molecular flexibility index (Phi) is 7.14. The number of hydrogen-bond donors (Lipinski definition) is 6. The second-order valence-electron chi connectivity index (χ2n) is 9.41. The number of rotatable bonds is 8. The molecule has 0 aromatic heterocycles. The molecular formula is C24H30N4O7S2. The van der Waals surface area contributed by atoms with Gasteiger partial charge in [0.05, 0.1) is 24.7 Å². The van der Waals surface area contributed by atoms with Crippen LogP contribution in [0.2, 0.25) is 0 Å². The number of aliphatic hydroxyl groups excluding tert-OH is 1. The summed E-state index contributed by atoms with van der Waals surface area (Å²) in [5.74, 6) is -0.872. The number of benzene rings is 2. The summed E-state index contributed by atoms with van der Waals surface area (Å²) in [6.07, 6.45) is 1.96. The van der Waals surface area contributed by atoms with Gasteiger partial charge in [-0.3, -0.25) is 18.6 Å². The molecule has 2 aliphatic rings. The molecule has 4 rings (SSSR count). The van der Waals surface area contributed by atoms with Crippen molar-refractivity contribution in [3.63, 3.8) is 0 Å². The number of hydrogen-bond acceptors (Lipinski definition) is 10. The zero-order chi connectivity index (χ0) is 27.2. The van der Waals surface area contributed by atoms with Crippen LogP contribution in [0.1, 0.15) is 37.8 Å². The van der Waals surface area contributed by atoms with E-state index < -0.39 is 32.1 Å². The number of amidine groups is 1. The van der Waals surface area contributed by atoms with E-state index in [1.165, 1.54) is 25.3 Å². The van der Waals surface area contributed by atoms with E-state index >= 15 is 0 Å². The number of ketones is 1. The number of aliphatic hydroxyl groups is 1. The van der Waals surface area contributed by atoms with Crippen LogP contribution in [-0.4, -0.2) is 47.6 Å². The average Bonchev–Trinajstić information content (AvgIpc) is 2.80. The number of nitrogens with one attached hydrogen (secondary N) is 3. The third kappa shape index (κ3) is 5.10. The van der Waals surface area contributed by atoms with E-state index in [2.05, 4.69) is 19.9 Å². The molecule has 0 fully saturated rings. The zero-order valence-corrected chi connectivity index (χ0v) is 22.4. The molecule has 37 heavy (non-hydrogen) atoms. The highest BCUT2D eigenvalue weighted by molar-refractivity contribution is 8.23. The van der Waals surface area contributed by atoms with Gasteiger partial charge in [0.25, 0.3) is 0 Å². The molecule has 13 heteroatoms. The lowest BCUT2D eigenvalue weighted by molar-refractivity contribution is -0.129. The highest BCUT2D eigenvalue weighted by atomic mass is 32.3. The Balaban J connectivity index is 1.86. The Morgan fingerprint density at radius 3 is 2.54 bits per heavy atom. The quantitative estimate of drug-likeness (QED) is 0.263. The van der Waals surface area contributed by atoms with E-state index in [0.29, 0.717) is 24.0 Å². The van der Waals surface area contributed by atoms with E-state index in [1.54, 1.807) is 24.3 Å². The van der Waals surface area contributed by atoms with Gasteiger partial charge < -0.3 is 15.3 Å². The fraction of sp³-hybridized carbons (Fsp3) is 0.333. The lowest BCUT2D eigenvalue weighted by Crippen LogP contribution is -2.53. The summed E-state index contributed by atoms with van der Waals surface area (Å²) in [4.78, 5) is 19.4. The Morgan fingerprint density at radius 1 is 1.19 bits per heavy atom. The molecule has 1 aliphatic carbocycles. The van der Waals surface area contributed by atoms with Crippen molar-refractivity contribution in [3.8, 4) is 0 Å². The first-order chi connectivity index (χ1) is 17.3. The molecule has 0 spiro atoms. The van der Waals surface area contributed by atoms with Crippen LogP contribution < -0.4 is 15.5 Å². The van der Waals surface area contributed by atoms with Crippen molar-refractivity contribution in [2.75, 3.05) is 23.4 Å². The van der Waals surface area contributed by atoms with Gasteiger partial charge in [-0.2, -0.15) is 5.48 Å². The number of nitrogens with zero attached hydrogens (tertiary/aromatic N) is 1. The third-order valence-electron chi connectivity index (χ3n) is 6.15. The maximum atomic E-state index is 14.1. The second-order valence-corrected chi connectivity index (χ2v) is 12.8. The molecule has 2 aromatic carbocycles. The summed E-state index contributed by atoms with van der Waals surface area (Å²) in [5, 5.41) is 14.2. The number of Topliss-reactive ketones (excluding diaryl/α,β-unsaturated/α-hetero) is 1. The Bertz CT molecular complexity index is 1420. The first-order valence-electron chi connectivity index (χ1n) is 11.4. The normalized spacial score (nSPS) is 21.6. The van der Waals surface area contributed by atoms with Crippen LogP contribution in [0.4, 0.5) is 11.4 Å². The first kappa shape index (κ1) is 27.1. The molecule has 0 bridgehead atoms. The van der Waals surface area contributed by atoms with Gasteiger partial charge in [-0.25, -0.2) is 8.42 Å². The summed E-state index contributed by atoms with van der Waals surface area (Å²) >= 11 is 0. The van der Waals surface area contributed by atoms with Gasteiger partial charge in [0.15, 0.2) is 11.6 Å². The van der Waals surface area contributed by atoms with Gasteiger partial charge in [0.1, 0.15) is 21.8 Å². The molecule has 6 N–H and O–H groups in total. The Morgan fingerprint density at radius 2 is 1.89 bits per heavy atom. The fourth-order valence-electron chi connectivity index (χ4n) is 4.50. The molecule has 1 heterocycles. The predicted octanol–water partition coefficient (Wildman–Crippen LogP) is 4.24. The lowest BCUT2D eigenvalue weighted by Gasteiger charge is -2.40. The maximum Gasteiger partial charge on any atom is 0.229 e. The van der Waals surface area contributed by atoms with Crippen LogP contribution in [0.25, 0.3) is 5.76 Å². The van der Waals surface area contributed by atoms with Crippen LogP contribution in [0, 0.1) is 5.92 Å². The molecule has 0 radical (unpaired) electrons. The summed E-state index contributed by atoms with van der Waals surface area (Å²) in [6, 6.07) is 11.0. The maximum absolute atomic E-state index is 14.1. The second kappa shape index (κ2) is 9.74. The average molecular weight is 551 g/mol. The van der Waals surface area contributed by atoms with Crippen LogP contribution in [0.15, 0.2) is 57.3 Å². The van der Waals surface area contributed by atoms with Gasteiger partial charge in [-0.05, 0) is 42.5 Å². The summed E-state index contributed by atoms with van der Waals surface area (Å²) in [5.41, 5.74) is 2.49. The third-order valence-corrected chi connectivity index (χ3v) is 8.13. The molecule has 2 aromatic rings. The summed E-state index contributed by atoms with van der Waals surface area (Å²) < 4.78 is 51.3. The molecule has 0 saturated carbocycles. The van der Waals surface area contributed by atoms with Gasteiger partial charge in [-0.1, -0.05) is 48.9 Å². The van der Waals surface area contributed by atoms with Crippen molar-refractivity contribution in [1.82, 2.24) is 5.48 Å². The number of sulfonamides is 1. The van der Waals surface area contributed by atoms with Gasteiger partial charge in [-0.15, -0.1) is 4.40 Å². The zero-order valence-electron chi connectivity index (χ0n) is 20.8. The summed E-state index contributed by atoms with van der Waals surface area (Å²) in [7, 11) is -6.08. The molecule has 0 saturated heterocycles. The summed E-state index contributed by atoms with van der Waals surface area (Å²) in [6.45, 7) is 4.06. The van der Waals surface area contributed by atoms with Crippen LogP contribution in [0.3, 0.4) is 0 Å². The number of carbonyl (C=O) groups excluding carboxylic acids is 1. The van der Waals surface area contributed by atoms with Crippen LogP contribution in [0.5, 0.6) is 0 Å². The highest BCUT2D eigenvalue weighted by Crippen LogP contribution is 2.57. The first-order valence-corrected chi connectivity index (χ1v) is 14.8. The van der Waals surface area contributed by atoms with E-state index in [9.17, 15) is 27.4 Å². The van der Waals surface area contributed by atoms with Crippen LogP contribution >= 0.6 is 10.8 Å². The SMILES string of the molecule is CON[C@@]1(CCC(C)C)C(=O)C(C2=NS(O)(O)c3cc(NS(C)(=O)=O)ccc3N2)=C(O)c2ccccc21. The highest BCUT2D eigenvalue weighted by Gasteiger charge is 2.50. The Labute approximate surface area is 217 Å². The van der Waals surface area contributed by atoms with Gasteiger partial charge >= 0.3 is 0 Å². The molecule has 1 aliphatic heterocycles. The van der Waals surface area contributed by atoms with Crippen LogP contribution in [-0.2, 0) is 25.2 Å². The minimum atomic E-state index is -3.88. The van der Waals surface area contributed by atoms with Crippen molar-refractivity contribution in [3.05, 3.63) is 59.2 Å². The molecule has 0 unspecified atom stereocenters. The van der Waals surface area contributed by atoms with E-state index in [-0.39, 0.29) is 39.4 Å². The van der Waals surface area contributed by atoms with E-state index in [0.717, 1.165) is 6.26 Å². The molecule has 200 valence electrons. The number of anilines is 2. The van der Waals surface area contributed by atoms with E-state index in [1.807, 2.05) is 13.8 Å². The minimum Gasteiger partial charge on any atom is -0.506 e. The van der Waals surface area contributed by atoms with Crippen molar-refractivity contribution in [2.24, 2.45) is 10.3 Å². The number of fused-ring (bicyclic) bond motifs is 2. The molecule has 11 nitrogen and oxygen atoms in total. The number of carbonyl (C=O) groups is 1. The topological polar surface area (TPSA) is 170 Å².